The van der Waals surface area contributed by atoms with Crippen molar-refractivity contribution in [1.29, 1.82) is 0 Å². The van der Waals surface area contributed by atoms with Gasteiger partial charge in [-0.1, -0.05) is 13.8 Å². The van der Waals surface area contributed by atoms with Gasteiger partial charge in [0.1, 0.15) is 0 Å². The van der Waals surface area contributed by atoms with Crippen LogP contribution in [0, 0.1) is 5.92 Å². The third-order valence-corrected chi connectivity index (χ3v) is 3.01. The molecule has 15 heavy (non-hydrogen) atoms. The smallest absolute Gasteiger partial charge is 0.220 e. The minimum absolute atomic E-state index is 0.145. The summed E-state index contributed by atoms with van der Waals surface area (Å²) in [5.41, 5.74) is 0. The molecule has 0 spiro atoms. The second kappa shape index (κ2) is 6.11. The zero-order chi connectivity index (χ0) is 11.3. The van der Waals surface area contributed by atoms with Gasteiger partial charge in [-0.05, 0) is 38.0 Å². The summed E-state index contributed by atoms with van der Waals surface area (Å²) in [5, 5.41) is 12.4. The lowest BCUT2D eigenvalue weighted by molar-refractivity contribution is -0.122. The largest absolute Gasteiger partial charge is 0.393 e. The second-order valence-electron chi connectivity index (χ2n) is 5.01. The van der Waals surface area contributed by atoms with Gasteiger partial charge in [-0.3, -0.25) is 4.79 Å². The molecule has 0 radical (unpaired) electrons. The van der Waals surface area contributed by atoms with Gasteiger partial charge >= 0.3 is 0 Å². The van der Waals surface area contributed by atoms with Crippen LogP contribution in [0.1, 0.15) is 52.4 Å². The number of carbonyl (C=O) groups excluding carboxylic acids is 1. The van der Waals surface area contributed by atoms with Crippen LogP contribution in [0.4, 0.5) is 0 Å². The topological polar surface area (TPSA) is 49.3 Å². The lowest BCUT2D eigenvalue weighted by Crippen LogP contribution is -2.38. The highest BCUT2D eigenvalue weighted by atomic mass is 16.3. The molecule has 0 unspecified atom stereocenters. The average molecular weight is 213 g/mol. The molecule has 1 aliphatic carbocycles. The predicted octanol–water partition coefficient (Wildman–Crippen LogP) is 1.84. The van der Waals surface area contributed by atoms with Gasteiger partial charge in [-0.15, -0.1) is 0 Å². The number of aliphatic hydroxyl groups excluding tert-OH is 1. The van der Waals surface area contributed by atoms with Gasteiger partial charge in [0.25, 0.3) is 0 Å². The molecule has 0 aromatic rings. The van der Waals surface area contributed by atoms with E-state index < -0.39 is 0 Å². The number of carbonyl (C=O) groups is 1. The summed E-state index contributed by atoms with van der Waals surface area (Å²) in [6.45, 7) is 4.26. The minimum Gasteiger partial charge on any atom is -0.393 e. The third-order valence-electron chi connectivity index (χ3n) is 3.01. The summed E-state index contributed by atoms with van der Waals surface area (Å²) < 4.78 is 0. The number of hydrogen-bond donors (Lipinski definition) is 2. The van der Waals surface area contributed by atoms with Crippen LogP contribution in [0.2, 0.25) is 0 Å². The molecule has 3 heteroatoms. The Morgan fingerprint density at radius 1 is 1.33 bits per heavy atom. The number of amides is 1. The Kier molecular flexibility index (Phi) is 5.09. The molecule has 0 aliphatic heterocycles. The van der Waals surface area contributed by atoms with E-state index in [1.54, 1.807) is 0 Å². The van der Waals surface area contributed by atoms with Crippen LogP contribution in [0.5, 0.6) is 0 Å². The van der Waals surface area contributed by atoms with Crippen molar-refractivity contribution in [3.05, 3.63) is 0 Å². The zero-order valence-corrected chi connectivity index (χ0v) is 9.83. The van der Waals surface area contributed by atoms with Crippen molar-refractivity contribution in [2.24, 2.45) is 5.92 Å². The quantitative estimate of drug-likeness (QED) is 0.748. The Balaban J connectivity index is 2.15. The fraction of sp³-hybridized carbons (Fsp3) is 0.917. The van der Waals surface area contributed by atoms with Crippen LogP contribution in [0.3, 0.4) is 0 Å². The van der Waals surface area contributed by atoms with E-state index in [1.165, 1.54) is 0 Å². The van der Waals surface area contributed by atoms with Gasteiger partial charge in [0, 0.05) is 12.5 Å². The van der Waals surface area contributed by atoms with Gasteiger partial charge in [0.15, 0.2) is 0 Å². The molecule has 1 fully saturated rings. The highest BCUT2D eigenvalue weighted by molar-refractivity contribution is 5.76. The number of hydrogen-bond acceptors (Lipinski definition) is 2. The fourth-order valence-electron chi connectivity index (χ4n) is 1.94. The van der Waals surface area contributed by atoms with Crippen LogP contribution in [0.25, 0.3) is 0 Å². The molecule has 88 valence electrons. The molecule has 0 aromatic carbocycles. The van der Waals surface area contributed by atoms with Crippen molar-refractivity contribution < 1.29 is 9.90 Å². The van der Waals surface area contributed by atoms with E-state index in [-0.39, 0.29) is 12.0 Å². The number of rotatable bonds is 4. The highest BCUT2D eigenvalue weighted by Crippen LogP contribution is 2.18. The van der Waals surface area contributed by atoms with Crippen molar-refractivity contribution in [2.45, 2.75) is 64.5 Å². The molecule has 1 rings (SSSR count). The lowest BCUT2D eigenvalue weighted by Gasteiger charge is -2.26. The molecule has 0 atom stereocenters. The fourth-order valence-corrected chi connectivity index (χ4v) is 1.94. The summed E-state index contributed by atoms with van der Waals surface area (Å²) in [5.74, 6) is 0.758. The van der Waals surface area contributed by atoms with Crippen molar-refractivity contribution in [2.75, 3.05) is 0 Å². The van der Waals surface area contributed by atoms with Crippen molar-refractivity contribution in [3.8, 4) is 0 Å². The number of aliphatic hydroxyl groups is 1. The van der Waals surface area contributed by atoms with E-state index in [0.29, 0.717) is 18.4 Å². The van der Waals surface area contributed by atoms with Gasteiger partial charge in [-0.2, -0.15) is 0 Å². The zero-order valence-electron chi connectivity index (χ0n) is 9.83. The average Bonchev–Trinajstić information content (AvgIpc) is 2.19. The van der Waals surface area contributed by atoms with E-state index in [0.717, 1.165) is 32.1 Å². The Morgan fingerprint density at radius 3 is 2.47 bits per heavy atom. The standard InChI is InChI=1S/C12H23NO2/c1-9(2)3-8-12(15)13-10-4-6-11(14)7-5-10/h9-11,14H,3-8H2,1-2H3,(H,13,15). The van der Waals surface area contributed by atoms with Crippen LogP contribution >= 0.6 is 0 Å². The first kappa shape index (κ1) is 12.5. The summed E-state index contributed by atoms with van der Waals surface area (Å²) in [4.78, 5) is 11.5. The predicted molar refractivity (Wildman–Crippen MR) is 60.5 cm³/mol. The maximum atomic E-state index is 11.5. The molecule has 1 aliphatic rings. The van der Waals surface area contributed by atoms with Gasteiger partial charge in [0.05, 0.1) is 6.10 Å². The number of nitrogens with one attached hydrogen (secondary N) is 1. The van der Waals surface area contributed by atoms with Gasteiger partial charge < -0.3 is 10.4 Å². The van der Waals surface area contributed by atoms with E-state index >= 15 is 0 Å². The van der Waals surface area contributed by atoms with E-state index in [4.69, 9.17) is 0 Å². The Hall–Kier alpha value is -0.570. The van der Waals surface area contributed by atoms with Crippen LogP contribution < -0.4 is 5.32 Å². The molecular weight excluding hydrogens is 190 g/mol. The van der Waals surface area contributed by atoms with Crippen molar-refractivity contribution in [3.63, 3.8) is 0 Å². The van der Waals surface area contributed by atoms with Crippen molar-refractivity contribution in [1.82, 2.24) is 5.32 Å². The van der Waals surface area contributed by atoms with E-state index in [1.807, 2.05) is 0 Å². The normalized spacial score (nSPS) is 26.7. The Labute approximate surface area is 92.3 Å². The molecule has 1 saturated carbocycles. The van der Waals surface area contributed by atoms with Gasteiger partial charge in [-0.25, -0.2) is 0 Å². The Morgan fingerprint density at radius 2 is 1.93 bits per heavy atom. The molecule has 0 bridgehead atoms. The minimum atomic E-state index is -0.145. The summed E-state index contributed by atoms with van der Waals surface area (Å²) >= 11 is 0. The second-order valence-corrected chi connectivity index (χ2v) is 5.01. The first-order valence-corrected chi connectivity index (χ1v) is 6.05. The van der Waals surface area contributed by atoms with Gasteiger partial charge in [0.2, 0.25) is 5.91 Å². The van der Waals surface area contributed by atoms with Crippen LogP contribution in [-0.2, 0) is 4.79 Å². The first-order valence-electron chi connectivity index (χ1n) is 6.05. The summed E-state index contributed by atoms with van der Waals surface area (Å²) in [6, 6.07) is 0.299. The molecule has 0 heterocycles. The monoisotopic (exact) mass is 213 g/mol. The van der Waals surface area contributed by atoms with E-state index in [2.05, 4.69) is 19.2 Å². The summed E-state index contributed by atoms with van der Waals surface area (Å²) in [7, 11) is 0. The highest BCUT2D eigenvalue weighted by Gasteiger charge is 2.20. The molecular formula is C12H23NO2. The maximum absolute atomic E-state index is 11.5. The maximum Gasteiger partial charge on any atom is 0.220 e. The third kappa shape index (κ3) is 5.17. The SMILES string of the molecule is CC(C)CCC(=O)NC1CCC(O)CC1. The molecule has 0 saturated heterocycles. The lowest BCUT2D eigenvalue weighted by atomic mass is 9.93. The molecule has 1 amide bonds. The first-order chi connectivity index (χ1) is 7.08. The van der Waals surface area contributed by atoms with Crippen molar-refractivity contribution >= 4 is 5.91 Å². The molecule has 2 N–H and O–H groups in total. The summed E-state index contributed by atoms with van der Waals surface area (Å²) in [6.07, 6.45) is 4.96. The molecule has 3 nitrogen and oxygen atoms in total. The van der Waals surface area contributed by atoms with E-state index in [9.17, 15) is 9.90 Å². The Bertz CT molecular complexity index is 196. The van der Waals surface area contributed by atoms with Crippen LogP contribution in [-0.4, -0.2) is 23.2 Å². The van der Waals surface area contributed by atoms with Crippen LogP contribution in [0.15, 0.2) is 0 Å². The molecule has 0 aromatic heterocycles.